The highest BCUT2D eigenvalue weighted by molar-refractivity contribution is 5.97. The van der Waals surface area contributed by atoms with Crippen LogP contribution in [0.15, 0.2) is 48.5 Å². The molecule has 7 heteroatoms. The lowest BCUT2D eigenvalue weighted by Crippen LogP contribution is -2.39. The summed E-state index contributed by atoms with van der Waals surface area (Å²) in [5, 5.41) is 5.59. The molecule has 1 aliphatic rings. The third-order valence-corrected chi connectivity index (χ3v) is 4.19. The third kappa shape index (κ3) is 4.05. The van der Waals surface area contributed by atoms with E-state index < -0.39 is 0 Å². The number of amides is 3. The Hall–Kier alpha value is -3.22. The van der Waals surface area contributed by atoms with Crippen LogP contribution in [0.4, 0.5) is 16.2 Å². The molecular weight excluding hydrogens is 334 g/mol. The highest BCUT2D eigenvalue weighted by Gasteiger charge is 2.31. The van der Waals surface area contributed by atoms with Gasteiger partial charge in [-0.25, -0.2) is 4.79 Å². The Bertz CT molecular complexity index is 774. The molecule has 26 heavy (non-hydrogen) atoms. The van der Waals surface area contributed by atoms with Gasteiger partial charge in [-0.15, -0.1) is 0 Å². The minimum atomic E-state index is -0.343. The van der Waals surface area contributed by atoms with E-state index in [9.17, 15) is 9.59 Å². The van der Waals surface area contributed by atoms with E-state index >= 15 is 0 Å². The van der Waals surface area contributed by atoms with Crippen molar-refractivity contribution in [3.8, 4) is 11.5 Å². The van der Waals surface area contributed by atoms with Gasteiger partial charge in [0.1, 0.15) is 11.5 Å². The number of benzene rings is 2. The van der Waals surface area contributed by atoms with Gasteiger partial charge in [-0.1, -0.05) is 0 Å². The molecule has 1 fully saturated rings. The summed E-state index contributed by atoms with van der Waals surface area (Å²) in [7, 11) is 3.18. The number of nitrogens with one attached hydrogen (secondary N) is 2. The first-order valence-corrected chi connectivity index (χ1v) is 8.25. The lowest BCUT2D eigenvalue weighted by molar-refractivity contribution is -0.117. The molecule has 0 unspecified atom stereocenters. The highest BCUT2D eigenvalue weighted by atomic mass is 16.5. The number of anilines is 2. The van der Waals surface area contributed by atoms with Crippen LogP contribution in [0.3, 0.4) is 0 Å². The van der Waals surface area contributed by atoms with Crippen molar-refractivity contribution < 1.29 is 19.1 Å². The van der Waals surface area contributed by atoms with Gasteiger partial charge in [0.05, 0.1) is 20.3 Å². The average Bonchev–Trinajstić information content (AvgIpc) is 3.02. The van der Waals surface area contributed by atoms with E-state index in [1.54, 1.807) is 55.5 Å². The Labute approximate surface area is 151 Å². The number of hydrogen-bond acceptors (Lipinski definition) is 4. The number of nitrogens with zero attached hydrogens (tertiary/aromatic N) is 1. The molecule has 1 saturated heterocycles. The van der Waals surface area contributed by atoms with Crippen LogP contribution in [0.25, 0.3) is 0 Å². The molecule has 2 aromatic carbocycles. The predicted octanol–water partition coefficient (Wildman–Crippen LogP) is 2.63. The van der Waals surface area contributed by atoms with Crippen LogP contribution in [-0.2, 0) is 4.79 Å². The summed E-state index contributed by atoms with van der Waals surface area (Å²) in [6.07, 6.45) is 0.266. The third-order valence-electron chi connectivity index (χ3n) is 4.19. The quantitative estimate of drug-likeness (QED) is 0.864. The van der Waals surface area contributed by atoms with Crippen LogP contribution >= 0.6 is 0 Å². The second-order valence-electron chi connectivity index (χ2n) is 5.93. The van der Waals surface area contributed by atoms with Crippen molar-refractivity contribution in [2.45, 2.75) is 12.5 Å². The SMILES string of the molecule is COc1ccc(NC(=O)N[C@H]2CC(=O)N(c3ccc(OC)cc3)C2)cc1. The van der Waals surface area contributed by atoms with Gasteiger partial charge in [0.2, 0.25) is 5.91 Å². The number of carbonyl (C=O) groups is 2. The van der Waals surface area contributed by atoms with E-state index in [-0.39, 0.29) is 24.4 Å². The molecule has 0 aliphatic carbocycles. The van der Waals surface area contributed by atoms with Crippen LogP contribution in [0.5, 0.6) is 11.5 Å². The van der Waals surface area contributed by atoms with Crippen molar-refractivity contribution in [3.63, 3.8) is 0 Å². The van der Waals surface area contributed by atoms with E-state index in [1.807, 2.05) is 12.1 Å². The molecule has 0 radical (unpaired) electrons. The van der Waals surface area contributed by atoms with Crippen molar-refractivity contribution in [3.05, 3.63) is 48.5 Å². The number of rotatable bonds is 5. The highest BCUT2D eigenvalue weighted by Crippen LogP contribution is 2.24. The summed E-state index contributed by atoms with van der Waals surface area (Å²) in [6, 6.07) is 13.7. The van der Waals surface area contributed by atoms with Crippen molar-refractivity contribution in [2.24, 2.45) is 0 Å². The molecule has 3 amide bonds. The fourth-order valence-corrected chi connectivity index (χ4v) is 2.84. The van der Waals surface area contributed by atoms with E-state index in [2.05, 4.69) is 10.6 Å². The largest absolute Gasteiger partial charge is 0.497 e. The molecule has 3 rings (SSSR count). The molecule has 0 bridgehead atoms. The van der Waals surface area contributed by atoms with Gasteiger partial charge in [0, 0.05) is 24.3 Å². The minimum Gasteiger partial charge on any atom is -0.497 e. The Morgan fingerprint density at radius 3 is 2.15 bits per heavy atom. The molecular formula is C19H21N3O4. The molecule has 1 heterocycles. The summed E-state index contributed by atoms with van der Waals surface area (Å²) >= 11 is 0. The maximum absolute atomic E-state index is 12.3. The predicted molar refractivity (Wildman–Crippen MR) is 98.9 cm³/mol. The van der Waals surface area contributed by atoms with Gasteiger partial charge < -0.3 is 25.0 Å². The Morgan fingerprint density at radius 1 is 1.00 bits per heavy atom. The zero-order valence-electron chi connectivity index (χ0n) is 14.7. The minimum absolute atomic E-state index is 0.0232. The van der Waals surface area contributed by atoms with Crippen LogP contribution in [0.2, 0.25) is 0 Å². The van der Waals surface area contributed by atoms with Crippen LogP contribution < -0.4 is 25.0 Å². The second kappa shape index (κ2) is 7.77. The van der Waals surface area contributed by atoms with E-state index in [0.717, 1.165) is 11.4 Å². The van der Waals surface area contributed by atoms with Gasteiger partial charge in [-0.2, -0.15) is 0 Å². The summed E-state index contributed by atoms with van der Waals surface area (Å²) in [5.41, 5.74) is 1.44. The van der Waals surface area contributed by atoms with Crippen LogP contribution in [0.1, 0.15) is 6.42 Å². The van der Waals surface area contributed by atoms with Gasteiger partial charge in [-0.3, -0.25) is 4.79 Å². The molecule has 0 aromatic heterocycles. The molecule has 2 N–H and O–H groups in total. The summed E-state index contributed by atoms with van der Waals surface area (Å²) < 4.78 is 10.2. The topological polar surface area (TPSA) is 79.9 Å². The molecule has 7 nitrogen and oxygen atoms in total. The zero-order chi connectivity index (χ0) is 18.5. The smallest absolute Gasteiger partial charge is 0.319 e. The fourth-order valence-electron chi connectivity index (χ4n) is 2.84. The van der Waals surface area contributed by atoms with Crippen molar-refractivity contribution >= 4 is 23.3 Å². The Balaban J connectivity index is 1.56. The first-order valence-electron chi connectivity index (χ1n) is 8.25. The van der Waals surface area contributed by atoms with Gasteiger partial charge in [-0.05, 0) is 48.5 Å². The monoisotopic (exact) mass is 355 g/mol. The van der Waals surface area contributed by atoms with Gasteiger partial charge in [0.15, 0.2) is 0 Å². The fraction of sp³-hybridized carbons (Fsp3) is 0.263. The van der Waals surface area contributed by atoms with Crippen molar-refractivity contribution in [1.29, 1.82) is 0 Å². The molecule has 1 atom stereocenters. The zero-order valence-corrected chi connectivity index (χ0v) is 14.7. The summed E-state index contributed by atoms with van der Waals surface area (Å²) in [6.45, 7) is 0.432. The number of carbonyl (C=O) groups excluding carboxylic acids is 2. The molecule has 1 aliphatic heterocycles. The Kier molecular flexibility index (Phi) is 5.26. The van der Waals surface area contributed by atoms with Crippen LogP contribution in [0, 0.1) is 0 Å². The van der Waals surface area contributed by atoms with Gasteiger partial charge >= 0.3 is 6.03 Å². The second-order valence-corrected chi connectivity index (χ2v) is 5.93. The van der Waals surface area contributed by atoms with Crippen LogP contribution in [-0.4, -0.2) is 38.7 Å². The Morgan fingerprint density at radius 2 is 1.58 bits per heavy atom. The lowest BCUT2D eigenvalue weighted by atomic mass is 10.2. The first-order chi connectivity index (χ1) is 12.6. The molecule has 0 saturated carbocycles. The van der Waals surface area contributed by atoms with E-state index in [0.29, 0.717) is 18.0 Å². The maximum Gasteiger partial charge on any atom is 0.319 e. The number of hydrogen-bond donors (Lipinski definition) is 2. The molecule has 0 spiro atoms. The average molecular weight is 355 g/mol. The molecule has 2 aromatic rings. The van der Waals surface area contributed by atoms with E-state index in [4.69, 9.17) is 9.47 Å². The summed E-state index contributed by atoms with van der Waals surface area (Å²) in [4.78, 5) is 26.1. The van der Waals surface area contributed by atoms with Crippen molar-refractivity contribution in [1.82, 2.24) is 5.32 Å². The number of ether oxygens (including phenoxy) is 2. The standard InChI is InChI=1S/C19H21N3O4/c1-25-16-7-3-13(4-8-16)20-19(24)21-14-11-18(23)22(12-14)15-5-9-17(26-2)10-6-15/h3-10,14H,11-12H2,1-2H3,(H2,20,21,24)/t14-/m0/s1. The van der Waals surface area contributed by atoms with Crippen molar-refractivity contribution in [2.75, 3.05) is 31.0 Å². The van der Waals surface area contributed by atoms with Gasteiger partial charge in [0.25, 0.3) is 0 Å². The first kappa shape index (κ1) is 17.6. The molecule has 136 valence electrons. The lowest BCUT2D eigenvalue weighted by Gasteiger charge is -2.18. The summed E-state index contributed by atoms with van der Waals surface area (Å²) in [5.74, 6) is 1.42. The normalized spacial score (nSPS) is 16.3. The van der Waals surface area contributed by atoms with E-state index in [1.165, 1.54) is 0 Å². The maximum atomic E-state index is 12.3. The number of methoxy groups -OCH3 is 2. The number of urea groups is 1.